The van der Waals surface area contributed by atoms with Gasteiger partial charge in [-0.05, 0) is 56.5 Å². The van der Waals surface area contributed by atoms with E-state index in [1.165, 1.54) is 32.0 Å². The van der Waals surface area contributed by atoms with Gasteiger partial charge in [-0.3, -0.25) is 4.90 Å². The lowest BCUT2D eigenvalue weighted by molar-refractivity contribution is 0.156. The fourth-order valence-electron chi connectivity index (χ4n) is 4.00. The van der Waals surface area contributed by atoms with Crippen LogP contribution in [0.1, 0.15) is 58.1 Å². The van der Waals surface area contributed by atoms with Gasteiger partial charge in [-0.2, -0.15) is 5.10 Å². The summed E-state index contributed by atoms with van der Waals surface area (Å²) in [7, 11) is 0. The Balaban J connectivity index is 1.51. The summed E-state index contributed by atoms with van der Waals surface area (Å²) in [5, 5.41) is 10.3. The van der Waals surface area contributed by atoms with Gasteiger partial charge in [0.25, 0.3) is 0 Å². The summed E-state index contributed by atoms with van der Waals surface area (Å²) in [4.78, 5) is 19.0. The number of nitrogens with zero attached hydrogens (tertiary/aromatic N) is 4. The maximum atomic E-state index is 12.5. The molecule has 1 aliphatic heterocycles. The minimum Gasteiger partial charge on any atom is -0.337 e. The third-order valence-electron chi connectivity index (χ3n) is 5.77. The van der Waals surface area contributed by atoms with Crippen LogP contribution in [0, 0.1) is 5.92 Å². The fourth-order valence-corrected chi connectivity index (χ4v) is 4.00. The number of carbonyl (C=O) groups excluding carboxylic acids is 1. The maximum absolute atomic E-state index is 12.5. The molecule has 3 rings (SSSR count). The molecule has 7 nitrogen and oxygen atoms in total. The van der Waals surface area contributed by atoms with Crippen molar-refractivity contribution >= 4 is 6.03 Å². The van der Waals surface area contributed by atoms with E-state index in [4.69, 9.17) is 0 Å². The number of hydrogen-bond donors (Lipinski definition) is 2. The standard InChI is InChI=1S/C22H34N6O/c1-17(2)21(27-12-6-4-5-7-13-27)14-24-22(29)26-18(3)19-8-10-20(11-9-19)28-16-23-15-25-28/h8-11,15-18,21H,4-7,12-14H2,1-3H3,(H2,24,26,29). The molecule has 0 aliphatic carbocycles. The van der Waals surface area contributed by atoms with E-state index in [-0.39, 0.29) is 12.1 Å². The maximum Gasteiger partial charge on any atom is 0.315 e. The number of carbonyl (C=O) groups is 1. The summed E-state index contributed by atoms with van der Waals surface area (Å²) in [6, 6.07) is 8.18. The molecule has 2 atom stereocenters. The molecule has 2 unspecified atom stereocenters. The third-order valence-corrected chi connectivity index (χ3v) is 5.77. The van der Waals surface area contributed by atoms with Crippen LogP contribution in [-0.2, 0) is 0 Å². The number of amides is 2. The van der Waals surface area contributed by atoms with Gasteiger partial charge in [-0.15, -0.1) is 0 Å². The average molecular weight is 399 g/mol. The van der Waals surface area contributed by atoms with E-state index in [0.29, 0.717) is 18.5 Å². The first-order chi connectivity index (χ1) is 14.0. The molecule has 2 amide bonds. The van der Waals surface area contributed by atoms with Crippen LogP contribution >= 0.6 is 0 Å². The normalized spacial score (nSPS) is 17.5. The number of nitrogens with one attached hydrogen (secondary N) is 2. The molecule has 2 heterocycles. The Labute approximate surface area is 173 Å². The van der Waals surface area contributed by atoms with Crippen LogP contribution in [0.4, 0.5) is 4.79 Å². The zero-order chi connectivity index (χ0) is 20.6. The molecule has 0 spiro atoms. The molecule has 7 heteroatoms. The topological polar surface area (TPSA) is 75.1 Å². The first-order valence-corrected chi connectivity index (χ1v) is 10.8. The summed E-state index contributed by atoms with van der Waals surface area (Å²) in [5.74, 6) is 0.509. The van der Waals surface area contributed by atoms with Gasteiger partial charge >= 0.3 is 6.03 Å². The number of rotatable bonds is 7. The van der Waals surface area contributed by atoms with E-state index < -0.39 is 0 Å². The predicted octanol–water partition coefficient (Wildman–Crippen LogP) is 3.53. The van der Waals surface area contributed by atoms with E-state index in [1.54, 1.807) is 11.0 Å². The van der Waals surface area contributed by atoms with Crippen molar-refractivity contribution in [3.05, 3.63) is 42.5 Å². The van der Waals surface area contributed by atoms with Crippen LogP contribution in [-0.4, -0.2) is 51.4 Å². The number of aromatic nitrogens is 3. The SMILES string of the molecule is CC(NC(=O)NCC(C(C)C)N1CCCCCC1)c1ccc(-n2cncn2)cc1. The number of benzene rings is 1. The predicted molar refractivity (Wildman–Crippen MR) is 115 cm³/mol. The minimum atomic E-state index is -0.113. The molecule has 0 radical (unpaired) electrons. The Bertz CT molecular complexity index is 735. The van der Waals surface area contributed by atoms with Crippen molar-refractivity contribution < 1.29 is 4.79 Å². The number of urea groups is 1. The summed E-state index contributed by atoms with van der Waals surface area (Å²) < 4.78 is 1.71. The van der Waals surface area contributed by atoms with Crippen LogP contribution in [0.3, 0.4) is 0 Å². The van der Waals surface area contributed by atoms with Gasteiger partial charge in [-0.25, -0.2) is 14.5 Å². The van der Waals surface area contributed by atoms with Crippen molar-refractivity contribution in [1.82, 2.24) is 30.3 Å². The quantitative estimate of drug-likeness (QED) is 0.748. The molecule has 1 saturated heterocycles. The van der Waals surface area contributed by atoms with E-state index in [1.807, 2.05) is 31.2 Å². The Kier molecular flexibility index (Phi) is 7.63. The van der Waals surface area contributed by atoms with E-state index in [0.717, 1.165) is 24.3 Å². The van der Waals surface area contributed by atoms with E-state index >= 15 is 0 Å². The Morgan fingerprint density at radius 2 is 1.76 bits per heavy atom. The zero-order valence-corrected chi connectivity index (χ0v) is 17.8. The molecule has 158 valence electrons. The largest absolute Gasteiger partial charge is 0.337 e. The van der Waals surface area contributed by atoms with Crippen LogP contribution in [0.25, 0.3) is 5.69 Å². The van der Waals surface area contributed by atoms with Crippen molar-refractivity contribution in [1.29, 1.82) is 0 Å². The van der Waals surface area contributed by atoms with Gasteiger partial charge in [0.1, 0.15) is 12.7 Å². The molecule has 1 fully saturated rings. The monoisotopic (exact) mass is 398 g/mol. The van der Waals surface area contributed by atoms with Crippen molar-refractivity contribution in [2.75, 3.05) is 19.6 Å². The van der Waals surface area contributed by atoms with Gasteiger partial charge in [0.15, 0.2) is 0 Å². The molecule has 2 N–H and O–H groups in total. The van der Waals surface area contributed by atoms with E-state index in [2.05, 4.69) is 39.5 Å². The van der Waals surface area contributed by atoms with Crippen molar-refractivity contribution in [2.45, 2.75) is 58.5 Å². The summed E-state index contributed by atoms with van der Waals surface area (Å²) in [6.07, 6.45) is 8.34. The molecular formula is C22H34N6O. The smallest absolute Gasteiger partial charge is 0.315 e. The van der Waals surface area contributed by atoms with Gasteiger partial charge in [0, 0.05) is 12.6 Å². The highest BCUT2D eigenvalue weighted by molar-refractivity contribution is 5.74. The highest BCUT2D eigenvalue weighted by atomic mass is 16.2. The summed E-state index contributed by atoms with van der Waals surface area (Å²) >= 11 is 0. The minimum absolute atomic E-state index is 0.0736. The van der Waals surface area contributed by atoms with Crippen molar-refractivity contribution in [3.8, 4) is 5.69 Å². The first kappa shape index (κ1) is 21.3. The van der Waals surface area contributed by atoms with Crippen molar-refractivity contribution in [2.24, 2.45) is 5.92 Å². The molecule has 1 aromatic carbocycles. The lowest BCUT2D eigenvalue weighted by Gasteiger charge is -2.33. The van der Waals surface area contributed by atoms with Gasteiger partial charge in [0.2, 0.25) is 0 Å². The Morgan fingerprint density at radius 3 is 2.34 bits per heavy atom. The average Bonchev–Trinajstić information content (AvgIpc) is 3.12. The number of hydrogen-bond acceptors (Lipinski definition) is 4. The first-order valence-electron chi connectivity index (χ1n) is 10.8. The van der Waals surface area contributed by atoms with Gasteiger partial charge in [0.05, 0.1) is 11.7 Å². The van der Waals surface area contributed by atoms with Crippen molar-refractivity contribution in [3.63, 3.8) is 0 Å². The molecule has 0 bridgehead atoms. The molecule has 29 heavy (non-hydrogen) atoms. The second kappa shape index (κ2) is 10.4. The van der Waals surface area contributed by atoms with Crippen LogP contribution < -0.4 is 10.6 Å². The lowest BCUT2D eigenvalue weighted by atomic mass is 10.0. The number of likely N-dealkylation sites (tertiary alicyclic amines) is 1. The second-order valence-electron chi connectivity index (χ2n) is 8.27. The molecule has 1 aliphatic rings. The van der Waals surface area contributed by atoms with Gasteiger partial charge < -0.3 is 10.6 Å². The molecule has 0 saturated carbocycles. The van der Waals surface area contributed by atoms with E-state index in [9.17, 15) is 4.79 Å². The Morgan fingerprint density at radius 1 is 1.07 bits per heavy atom. The molecule has 2 aromatic rings. The lowest BCUT2D eigenvalue weighted by Crippen LogP contribution is -2.49. The highest BCUT2D eigenvalue weighted by Crippen LogP contribution is 2.18. The summed E-state index contributed by atoms with van der Waals surface area (Å²) in [5.41, 5.74) is 2.00. The highest BCUT2D eigenvalue weighted by Gasteiger charge is 2.23. The van der Waals surface area contributed by atoms with Gasteiger partial charge in [-0.1, -0.05) is 38.8 Å². The van der Waals surface area contributed by atoms with Crippen LogP contribution in [0.5, 0.6) is 0 Å². The third kappa shape index (κ3) is 6.03. The molecular weight excluding hydrogens is 364 g/mol. The summed E-state index contributed by atoms with van der Waals surface area (Å²) in [6.45, 7) is 9.45. The fraction of sp³-hybridized carbons (Fsp3) is 0.591. The molecule has 1 aromatic heterocycles. The van der Waals surface area contributed by atoms with Crippen LogP contribution in [0.2, 0.25) is 0 Å². The second-order valence-corrected chi connectivity index (χ2v) is 8.27. The zero-order valence-electron chi connectivity index (χ0n) is 17.8. The Hall–Kier alpha value is -2.41. The van der Waals surface area contributed by atoms with Crippen LogP contribution in [0.15, 0.2) is 36.9 Å².